The van der Waals surface area contributed by atoms with E-state index in [0.29, 0.717) is 18.8 Å². The van der Waals surface area contributed by atoms with Crippen molar-refractivity contribution in [3.63, 3.8) is 0 Å². The van der Waals surface area contributed by atoms with E-state index >= 15 is 0 Å². The summed E-state index contributed by atoms with van der Waals surface area (Å²) in [4.78, 5) is 12.9. The van der Waals surface area contributed by atoms with Gasteiger partial charge in [0.15, 0.2) is 0 Å². The zero-order chi connectivity index (χ0) is 19.5. The van der Waals surface area contributed by atoms with Crippen molar-refractivity contribution in [2.24, 2.45) is 7.05 Å². The summed E-state index contributed by atoms with van der Waals surface area (Å²) in [5, 5.41) is 2.94. The summed E-state index contributed by atoms with van der Waals surface area (Å²) in [5.41, 5.74) is 3.11. The predicted molar refractivity (Wildman–Crippen MR) is 104 cm³/mol. The van der Waals surface area contributed by atoms with Gasteiger partial charge in [-0.15, -0.1) is 0 Å². The average Bonchev–Trinajstić information content (AvgIpc) is 3.00. The Morgan fingerprint density at radius 1 is 1.19 bits per heavy atom. The molecule has 0 atom stereocenters. The summed E-state index contributed by atoms with van der Waals surface area (Å²) in [6.45, 7) is 8.33. The van der Waals surface area contributed by atoms with Gasteiger partial charge in [-0.05, 0) is 30.5 Å². The number of anilines is 1. The standard InChI is InChI=1S/C19H27N3O3S/c1-6-15-11-9-10-14(4)18(15)20-19(23)17-12-16(13-21(17)5)26(24,25)22(7-2)8-3/h9-13H,6-8H2,1-5H3,(H,20,23). The van der Waals surface area contributed by atoms with Crippen LogP contribution in [0.15, 0.2) is 35.4 Å². The van der Waals surface area contributed by atoms with Gasteiger partial charge in [0.2, 0.25) is 10.0 Å². The van der Waals surface area contributed by atoms with Gasteiger partial charge in [-0.25, -0.2) is 8.42 Å². The zero-order valence-corrected chi connectivity index (χ0v) is 16.9. The Bertz CT molecular complexity index is 897. The van der Waals surface area contributed by atoms with Gasteiger partial charge in [-0.3, -0.25) is 4.79 Å². The molecule has 26 heavy (non-hydrogen) atoms. The molecule has 7 heteroatoms. The number of benzene rings is 1. The molecule has 0 saturated carbocycles. The molecule has 1 aromatic carbocycles. The molecule has 0 saturated heterocycles. The first-order valence-corrected chi connectivity index (χ1v) is 10.3. The summed E-state index contributed by atoms with van der Waals surface area (Å²) in [7, 11) is -1.92. The van der Waals surface area contributed by atoms with Crippen LogP contribution in [0, 0.1) is 6.92 Å². The van der Waals surface area contributed by atoms with Gasteiger partial charge in [0.1, 0.15) is 10.6 Å². The Balaban J connectivity index is 2.37. The summed E-state index contributed by atoms with van der Waals surface area (Å²) in [5.74, 6) is -0.322. The Kier molecular flexibility index (Phi) is 6.26. The molecule has 2 rings (SSSR count). The molecule has 0 fully saturated rings. The van der Waals surface area contributed by atoms with Crippen LogP contribution in [0.4, 0.5) is 5.69 Å². The van der Waals surface area contributed by atoms with Gasteiger partial charge >= 0.3 is 0 Å². The number of aromatic nitrogens is 1. The van der Waals surface area contributed by atoms with E-state index in [-0.39, 0.29) is 10.8 Å². The lowest BCUT2D eigenvalue weighted by atomic mass is 10.1. The Hall–Kier alpha value is -2.12. The van der Waals surface area contributed by atoms with Crippen molar-refractivity contribution in [2.45, 2.75) is 39.0 Å². The highest BCUT2D eigenvalue weighted by molar-refractivity contribution is 7.89. The quantitative estimate of drug-likeness (QED) is 0.805. The topological polar surface area (TPSA) is 71.4 Å². The second kappa shape index (κ2) is 8.05. The van der Waals surface area contributed by atoms with Crippen molar-refractivity contribution in [2.75, 3.05) is 18.4 Å². The Morgan fingerprint density at radius 3 is 2.42 bits per heavy atom. The molecular weight excluding hydrogens is 350 g/mol. The molecule has 2 aromatic rings. The number of amides is 1. The lowest BCUT2D eigenvalue weighted by Gasteiger charge is -2.17. The molecule has 1 aromatic heterocycles. The number of rotatable bonds is 7. The van der Waals surface area contributed by atoms with E-state index in [1.54, 1.807) is 25.5 Å². The highest BCUT2D eigenvalue weighted by Crippen LogP contribution is 2.23. The van der Waals surface area contributed by atoms with Crippen molar-refractivity contribution >= 4 is 21.6 Å². The van der Waals surface area contributed by atoms with Crippen molar-refractivity contribution in [1.82, 2.24) is 8.87 Å². The number of aryl methyl sites for hydroxylation is 3. The monoisotopic (exact) mass is 377 g/mol. The normalized spacial score (nSPS) is 11.8. The maximum atomic E-state index is 12.8. The minimum Gasteiger partial charge on any atom is -0.345 e. The molecule has 0 bridgehead atoms. The number of carbonyl (C=O) groups is 1. The van der Waals surface area contributed by atoms with Crippen molar-refractivity contribution in [3.05, 3.63) is 47.3 Å². The van der Waals surface area contributed by atoms with Crippen LogP contribution in [-0.4, -0.2) is 36.3 Å². The summed E-state index contributed by atoms with van der Waals surface area (Å²) >= 11 is 0. The van der Waals surface area contributed by atoms with Gasteiger partial charge in [-0.2, -0.15) is 4.31 Å². The highest BCUT2D eigenvalue weighted by Gasteiger charge is 2.25. The number of hydrogen-bond donors (Lipinski definition) is 1. The van der Waals surface area contributed by atoms with Crippen molar-refractivity contribution in [3.8, 4) is 0 Å². The minimum absolute atomic E-state index is 0.134. The molecule has 0 radical (unpaired) electrons. The van der Waals surface area contributed by atoms with Crippen molar-refractivity contribution in [1.29, 1.82) is 0 Å². The molecule has 6 nitrogen and oxygen atoms in total. The third kappa shape index (κ3) is 3.83. The van der Waals surface area contributed by atoms with E-state index < -0.39 is 10.0 Å². The Labute approximate surface area is 155 Å². The number of hydrogen-bond acceptors (Lipinski definition) is 3. The molecule has 0 spiro atoms. The fraction of sp³-hybridized carbons (Fsp3) is 0.421. The molecular formula is C19H27N3O3S. The van der Waals surface area contributed by atoms with E-state index in [1.807, 2.05) is 32.0 Å². The predicted octanol–water partition coefficient (Wildman–Crippen LogP) is 3.18. The Morgan fingerprint density at radius 2 is 1.85 bits per heavy atom. The van der Waals surface area contributed by atoms with Crippen LogP contribution in [0.2, 0.25) is 0 Å². The number of sulfonamides is 1. The summed E-state index contributed by atoms with van der Waals surface area (Å²) in [6, 6.07) is 7.31. The SMILES string of the molecule is CCc1cccc(C)c1NC(=O)c1cc(S(=O)(=O)N(CC)CC)cn1C. The van der Waals surface area contributed by atoms with E-state index in [1.165, 1.54) is 16.6 Å². The largest absolute Gasteiger partial charge is 0.345 e. The van der Waals surface area contributed by atoms with Crippen LogP contribution in [0.3, 0.4) is 0 Å². The number of carbonyl (C=O) groups excluding carboxylic acids is 1. The fourth-order valence-electron chi connectivity index (χ4n) is 2.99. The second-order valence-corrected chi connectivity index (χ2v) is 8.12. The van der Waals surface area contributed by atoms with E-state index in [2.05, 4.69) is 5.32 Å². The van der Waals surface area contributed by atoms with Gasteiger partial charge < -0.3 is 9.88 Å². The van der Waals surface area contributed by atoms with Gasteiger partial charge in [0.25, 0.3) is 5.91 Å². The molecule has 0 aliphatic rings. The molecule has 142 valence electrons. The molecule has 1 amide bonds. The third-order valence-electron chi connectivity index (χ3n) is 4.53. The lowest BCUT2D eigenvalue weighted by molar-refractivity contribution is 0.101. The van der Waals surface area contributed by atoms with Crippen LogP contribution in [-0.2, 0) is 23.5 Å². The fourth-order valence-corrected chi connectivity index (χ4v) is 4.52. The maximum absolute atomic E-state index is 12.8. The molecule has 0 unspecified atom stereocenters. The van der Waals surface area contributed by atoms with Crippen LogP contribution >= 0.6 is 0 Å². The van der Waals surface area contributed by atoms with Crippen LogP contribution in [0.25, 0.3) is 0 Å². The second-order valence-electron chi connectivity index (χ2n) is 6.18. The highest BCUT2D eigenvalue weighted by atomic mass is 32.2. The van der Waals surface area contributed by atoms with Crippen LogP contribution in [0.5, 0.6) is 0 Å². The molecule has 1 N–H and O–H groups in total. The van der Waals surface area contributed by atoms with Crippen LogP contribution < -0.4 is 5.32 Å². The summed E-state index contributed by atoms with van der Waals surface area (Å²) in [6.07, 6.45) is 2.28. The number of para-hydroxylation sites is 1. The van der Waals surface area contributed by atoms with Gasteiger partial charge in [0.05, 0.1) is 0 Å². The van der Waals surface area contributed by atoms with E-state index in [4.69, 9.17) is 0 Å². The number of nitrogens with zero attached hydrogens (tertiary/aromatic N) is 2. The lowest BCUT2D eigenvalue weighted by Crippen LogP contribution is -2.30. The minimum atomic E-state index is -3.60. The number of nitrogens with one attached hydrogen (secondary N) is 1. The first-order chi connectivity index (χ1) is 12.3. The molecule has 0 aliphatic carbocycles. The summed E-state index contributed by atoms with van der Waals surface area (Å²) < 4.78 is 28.3. The first-order valence-electron chi connectivity index (χ1n) is 8.82. The molecule has 1 heterocycles. The maximum Gasteiger partial charge on any atom is 0.272 e. The van der Waals surface area contributed by atoms with Gasteiger partial charge in [0, 0.05) is 32.0 Å². The first kappa shape index (κ1) is 20.2. The van der Waals surface area contributed by atoms with Crippen LogP contribution in [0.1, 0.15) is 42.4 Å². The molecule has 0 aliphatic heterocycles. The smallest absolute Gasteiger partial charge is 0.272 e. The average molecular weight is 378 g/mol. The van der Waals surface area contributed by atoms with E-state index in [0.717, 1.165) is 23.2 Å². The third-order valence-corrected chi connectivity index (χ3v) is 6.55. The van der Waals surface area contributed by atoms with E-state index in [9.17, 15) is 13.2 Å². The zero-order valence-electron chi connectivity index (χ0n) is 16.0. The van der Waals surface area contributed by atoms with Crippen molar-refractivity contribution < 1.29 is 13.2 Å². The van der Waals surface area contributed by atoms with Gasteiger partial charge in [-0.1, -0.05) is 39.0 Å².